The summed E-state index contributed by atoms with van der Waals surface area (Å²) >= 11 is 8.55. The van der Waals surface area contributed by atoms with Crippen molar-refractivity contribution in [2.24, 2.45) is 0 Å². The van der Waals surface area contributed by atoms with Gasteiger partial charge in [-0.25, -0.2) is 0 Å². The van der Waals surface area contributed by atoms with Crippen LogP contribution in [0.1, 0.15) is 71.1 Å². The van der Waals surface area contributed by atoms with Crippen LogP contribution in [-0.4, -0.2) is 5.75 Å². The molecule has 0 fully saturated rings. The van der Waals surface area contributed by atoms with Crippen LogP contribution < -0.4 is 0 Å². The lowest BCUT2D eigenvalue weighted by Crippen LogP contribution is -1.81. The molecule has 0 atom stereocenters. The molecule has 0 aliphatic heterocycles. The average Bonchev–Trinajstić information content (AvgIpc) is 2.61. The molecule has 0 aliphatic carbocycles. The summed E-state index contributed by atoms with van der Waals surface area (Å²) in [5, 5.41) is 2.47. The number of hydrogen-bond acceptors (Lipinski definition) is 2. The van der Waals surface area contributed by atoms with Gasteiger partial charge in [0, 0.05) is 4.90 Å². The molecule has 0 unspecified atom stereocenters. The highest BCUT2D eigenvalue weighted by Crippen LogP contribution is 2.20. The van der Waals surface area contributed by atoms with Gasteiger partial charge in [-0.05, 0) is 29.0 Å². The van der Waals surface area contributed by atoms with E-state index in [0.29, 0.717) is 0 Å². The molecule has 0 saturated carbocycles. The number of thiol groups is 2. The molecule has 0 nitrogen and oxygen atoms in total. The highest BCUT2D eigenvalue weighted by Gasteiger charge is 1.93. The molecule has 0 N–H and O–H groups in total. The molecular weight excluding hydrogens is 328 g/mol. The first-order valence-corrected chi connectivity index (χ1v) is 10.6. The monoisotopic (exact) mass is 362 g/mol. The minimum atomic E-state index is 1.04. The van der Waals surface area contributed by atoms with Gasteiger partial charge in [-0.2, -0.15) is 12.6 Å². The third-order valence-corrected chi connectivity index (χ3v) is 4.98. The van der Waals surface area contributed by atoms with E-state index >= 15 is 0 Å². The number of fused-ring (bicyclic) bond motifs is 1. The molecule has 2 heteroatoms. The molecule has 0 aromatic heterocycles. The Morgan fingerprint density at radius 3 is 1.79 bits per heavy atom. The van der Waals surface area contributed by atoms with E-state index in [0.717, 1.165) is 10.6 Å². The largest absolute Gasteiger partial charge is 0.179 e. The maximum atomic E-state index is 4.35. The van der Waals surface area contributed by atoms with Crippen LogP contribution in [0.25, 0.3) is 10.8 Å². The van der Waals surface area contributed by atoms with Crippen molar-refractivity contribution in [3.05, 3.63) is 42.5 Å². The summed E-state index contributed by atoms with van der Waals surface area (Å²) in [7, 11) is 0. The standard InChI is InChI=1S/C12H26S.C10H8S/c1-2-3-4-5-6-7-8-9-10-11-12-13;11-10-7-3-5-8-4-1-2-6-9(8)10/h13H,2-12H2,1H3;1-7,11H. The van der Waals surface area contributed by atoms with Crippen molar-refractivity contribution in [3.8, 4) is 0 Å². The Kier molecular flexibility index (Phi) is 13.2. The number of rotatable bonds is 10. The van der Waals surface area contributed by atoms with Crippen LogP contribution in [0.5, 0.6) is 0 Å². The van der Waals surface area contributed by atoms with Gasteiger partial charge >= 0.3 is 0 Å². The van der Waals surface area contributed by atoms with Crippen LogP contribution in [0.3, 0.4) is 0 Å². The molecule has 2 aromatic rings. The van der Waals surface area contributed by atoms with Crippen molar-refractivity contribution in [2.45, 2.75) is 76.0 Å². The van der Waals surface area contributed by atoms with Gasteiger partial charge in [0.05, 0.1) is 0 Å². The van der Waals surface area contributed by atoms with Crippen LogP contribution in [0, 0.1) is 0 Å². The van der Waals surface area contributed by atoms with Gasteiger partial charge in [0.2, 0.25) is 0 Å². The normalized spacial score (nSPS) is 10.5. The Bertz CT molecular complexity index is 521. The van der Waals surface area contributed by atoms with Gasteiger partial charge in [-0.3, -0.25) is 0 Å². The summed E-state index contributed by atoms with van der Waals surface area (Å²) in [6.07, 6.45) is 14.2. The highest BCUT2D eigenvalue weighted by molar-refractivity contribution is 7.80. The molecule has 0 saturated heterocycles. The van der Waals surface area contributed by atoms with Crippen LogP contribution in [-0.2, 0) is 0 Å². The Labute approximate surface area is 160 Å². The second-order valence-electron chi connectivity index (χ2n) is 6.40. The van der Waals surface area contributed by atoms with Crippen molar-refractivity contribution in [3.63, 3.8) is 0 Å². The van der Waals surface area contributed by atoms with Crippen molar-refractivity contribution in [2.75, 3.05) is 5.75 Å². The molecule has 0 radical (unpaired) electrons. The summed E-state index contributed by atoms with van der Waals surface area (Å²) in [6, 6.07) is 14.4. The van der Waals surface area contributed by atoms with E-state index < -0.39 is 0 Å². The number of hydrogen-bond donors (Lipinski definition) is 2. The van der Waals surface area contributed by atoms with Gasteiger partial charge < -0.3 is 0 Å². The van der Waals surface area contributed by atoms with Crippen LogP contribution in [0.2, 0.25) is 0 Å². The Morgan fingerprint density at radius 2 is 1.21 bits per heavy atom. The minimum absolute atomic E-state index is 1.04. The van der Waals surface area contributed by atoms with E-state index in [2.05, 4.69) is 50.4 Å². The van der Waals surface area contributed by atoms with E-state index in [1.807, 2.05) is 24.3 Å². The van der Waals surface area contributed by atoms with E-state index in [4.69, 9.17) is 0 Å². The fourth-order valence-corrected chi connectivity index (χ4v) is 3.32. The third-order valence-electron chi connectivity index (χ3n) is 4.28. The maximum absolute atomic E-state index is 4.35. The first kappa shape index (κ1) is 21.4. The fourth-order valence-electron chi connectivity index (χ4n) is 2.81. The minimum Gasteiger partial charge on any atom is -0.179 e. The topological polar surface area (TPSA) is 0 Å². The molecule has 0 aliphatic rings. The lowest BCUT2D eigenvalue weighted by atomic mass is 10.1. The zero-order valence-corrected chi connectivity index (χ0v) is 17.0. The zero-order valence-electron chi connectivity index (χ0n) is 15.2. The summed E-state index contributed by atoms with van der Waals surface area (Å²) in [5.74, 6) is 1.07. The number of benzene rings is 2. The Morgan fingerprint density at radius 1 is 0.667 bits per heavy atom. The quantitative estimate of drug-likeness (QED) is 0.311. The van der Waals surface area contributed by atoms with Crippen LogP contribution >= 0.6 is 25.3 Å². The van der Waals surface area contributed by atoms with E-state index in [9.17, 15) is 0 Å². The maximum Gasteiger partial charge on any atom is 0.0119 e. The third kappa shape index (κ3) is 9.64. The van der Waals surface area contributed by atoms with Crippen LogP contribution in [0.15, 0.2) is 47.4 Å². The molecule has 0 heterocycles. The highest BCUT2D eigenvalue weighted by atomic mass is 32.1. The predicted molar refractivity (Wildman–Crippen MR) is 117 cm³/mol. The summed E-state index contributed by atoms with van der Waals surface area (Å²) in [6.45, 7) is 2.28. The van der Waals surface area contributed by atoms with E-state index in [1.54, 1.807) is 0 Å². The Balaban J connectivity index is 0.000000242. The van der Waals surface area contributed by atoms with Gasteiger partial charge in [-0.1, -0.05) is 101 Å². The zero-order chi connectivity index (χ0) is 17.5. The molecule has 0 bridgehead atoms. The lowest BCUT2D eigenvalue weighted by molar-refractivity contribution is 0.563. The smallest absolute Gasteiger partial charge is 0.0119 e. The predicted octanol–water partition coefficient (Wildman–Crippen LogP) is 7.97. The van der Waals surface area contributed by atoms with Gasteiger partial charge in [0.1, 0.15) is 0 Å². The molecule has 0 amide bonds. The summed E-state index contributed by atoms with van der Waals surface area (Å²) in [4.78, 5) is 1.04. The first-order valence-electron chi connectivity index (χ1n) is 9.57. The first-order chi connectivity index (χ1) is 11.8. The summed E-state index contributed by atoms with van der Waals surface area (Å²) < 4.78 is 0. The van der Waals surface area contributed by atoms with E-state index in [-0.39, 0.29) is 0 Å². The van der Waals surface area contributed by atoms with Gasteiger partial charge in [-0.15, -0.1) is 12.6 Å². The number of unbranched alkanes of at least 4 members (excludes halogenated alkanes) is 9. The lowest BCUT2D eigenvalue weighted by Gasteiger charge is -2.00. The van der Waals surface area contributed by atoms with Crippen molar-refractivity contribution >= 4 is 36.0 Å². The summed E-state index contributed by atoms with van der Waals surface area (Å²) in [5.41, 5.74) is 0. The van der Waals surface area contributed by atoms with Crippen LogP contribution in [0.4, 0.5) is 0 Å². The molecule has 0 spiro atoms. The molecule has 134 valence electrons. The second kappa shape index (κ2) is 14.7. The van der Waals surface area contributed by atoms with Crippen molar-refractivity contribution in [1.29, 1.82) is 0 Å². The SMILES string of the molecule is CCCCCCCCCCCCS.Sc1cccc2ccccc12. The molecule has 24 heavy (non-hydrogen) atoms. The fraction of sp³-hybridized carbons (Fsp3) is 0.545. The molecule has 2 rings (SSSR count). The molecular formula is C22H34S2. The van der Waals surface area contributed by atoms with E-state index in [1.165, 1.54) is 75.0 Å². The average molecular weight is 363 g/mol. The second-order valence-corrected chi connectivity index (χ2v) is 7.33. The van der Waals surface area contributed by atoms with Gasteiger partial charge in [0.15, 0.2) is 0 Å². The van der Waals surface area contributed by atoms with Crippen molar-refractivity contribution < 1.29 is 0 Å². The van der Waals surface area contributed by atoms with Crippen molar-refractivity contribution in [1.82, 2.24) is 0 Å². The Hall–Kier alpha value is -0.600. The molecule has 2 aromatic carbocycles. The van der Waals surface area contributed by atoms with Gasteiger partial charge in [0.25, 0.3) is 0 Å².